The van der Waals surface area contributed by atoms with Crippen molar-refractivity contribution in [1.29, 1.82) is 0 Å². The molecule has 118 valence electrons. The van der Waals surface area contributed by atoms with E-state index in [1.165, 1.54) is 18.2 Å². The summed E-state index contributed by atoms with van der Waals surface area (Å²) in [4.78, 5) is 11.9. The lowest BCUT2D eigenvalue weighted by Gasteiger charge is -2.29. The van der Waals surface area contributed by atoms with E-state index in [2.05, 4.69) is 24.3 Å². The Hall–Kier alpha value is -2.55. The first-order valence-corrected chi connectivity index (χ1v) is 7.82. The first-order chi connectivity index (χ1) is 11.3. The lowest BCUT2D eigenvalue weighted by molar-refractivity contribution is -0.141. The van der Waals surface area contributed by atoms with Gasteiger partial charge in [0.25, 0.3) is 0 Å². The van der Waals surface area contributed by atoms with Crippen LogP contribution in [0.1, 0.15) is 23.5 Å². The summed E-state index contributed by atoms with van der Waals surface area (Å²) < 4.78 is 10.7. The molecule has 1 aliphatic heterocycles. The van der Waals surface area contributed by atoms with E-state index >= 15 is 0 Å². The number of hydrogen-bond donors (Lipinski definition) is 0. The van der Waals surface area contributed by atoms with E-state index in [1.54, 1.807) is 0 Å². The van der Waals surface area contributed by atoms with E-state index < -0.39 is 5.97 Å². The molecule has 3 rings (SSSR count). The Morgan fingerprint density at radius 1 is 1.09 bits per heavy atom. The quantitative estimate of drug-likeness (QED) is 0.805. The Morgan fingerprint density at radius 3 is 2.39 bits per heavy atom. The van der Waals surface area contributed by atoms with Crippen molar-refractivity contribution in [3.63, 3.8) is 0 Å². The third-order valence-corrected chi connectivity index (χ3v) is 4.08. The number of benzene rings is 2. The molecule has 0 N–H and O–H groups in total. The van der Waals surface area contributed by atoms with Crippen LogP contribution < -0.4 is 0 Å². The summed E-state index contributed by atoms with van der Waals surface area (Å²) in [6.45, 7) is 0. The largest absolute Gasteiger partial charge is 0.483 e. The highest BCUT2D eigenvalue weighted by atomic mass is 16.6. The van der Waals surface area contributed by atoms with Crippen molar-refractivity contribution in [2.24, 2.45) is 0 Å². The van der Waals surface area contributed by atoms with E-state index in [0.29, 0.717) is 5.76 Å². The normalized spacial score (nSPS) is 20.3. The molecule has 3 nitrogen and oxygen atoms in total. The molecule has 0 aromatic heterocycles. The minimum atomic E-state index is -0.413. The van der Waals surface area contributed by atoms with Gasteiger partial charge in [0.05, 0.1) is 7.11 Å². The second-order valence-corrected chi connectivity index (χ2v) is 5.70. The smallest absolute Gasteiger partial charge is 0.373 e. The first kappa shape index (κ1) is 15.3. The molecule has 0 radical (unpaired) electrons. The third-order valence-electron chi connectivity index (χ3n) is 4.08. The van der Waals surface area contributed by atoms with Crippen molar-refractivity contribution in [2.45, 2.75) is 24.9 Å². The highest BCUT2D eigenvalue weighted by Gasteiger charge is 2.28. The van der Waals surface area contributed by atoms with Crippen molar-refractivity contribution in [3.8, 4) is 0 Å². The van der Waals surface area contributed by atoms with Crippen LogP contribution in [0.2, 0.25) is 0 Å². The Balaban J connectivity index is 1.83. The molecular weight excluding hydrogens is 288 g/mol. The number of hydrogen-bond acceptors (Lipinski definition) is 3. The Bertz CT molecular complexity index is 677. The maximum atomic E-state index is 11.9. The Labute approximate surface area is 136 Å². The standard InChI is InChI=1S/C20H20O3/c1-22-20(21)19-14-17(16-10-6-3-7-11-16)13-18(23-19)12-15-8-4-2-5-9-15/h2-11,14,17-18H,12-13H2,1H3/t17-,18-/m0/s1. The number of allylic oxidation sites excluding steroid dienone is 1. The lowest BCUT2D eigenvalue weighted by atomic mass is 9.88. The molecule has 3 heteroatoms. The zero-order valence-electron chi connectivity index (χ0n) is 13.1. The molecule has 2 aromatic carbocycles. The molecule has 0 fully saturated rings. The lowest BCUT2D eigenvalue weighted by Crippen LogP contribution is -2.26. The fraction of sp³-hybridized carbons (Fsp3) is 0.250. The molecule has 0 aliphatic carbocycles. The van der Waals surface area contributed by atoms with Crippen molar-refractivity contribution < 1.29 is 14.3 Å². The molecule has 0 amide bonds. The summed E-state index contributed by atoms with van der Waals surface area (Å²) in [7, 11) is 1.38. The molecular formula is C20H20O3. The molecule has 2 aromatic rings. The number of rotatable bonds is 4. The zero-order chi connectivity index (χ0) is 16.1. The van der Waals surface area contributed by atoms with E-state index in [9.17, 15) is 4.79 Å². The van der Waals surface area contributed by atoms with E-state index in [4.69, 9.17) is 9.47 Å². The number of ether oxygens (including phenoxy) is 2. The van der Waals surface area contributed by atoms with Gasteiger partial charge >= 0.3 is 5.97 Å². The molecule has 0 unspecified atom stereocenters. The predicted octanol–water partition coefficient (Wildman–Crippen LogP) is 3.86. The van der Waals surface area contributed by atoms with Crippen LogP contribution in [0.5, 0.6) is 0 Å². The minimum Gasteiger partial charge on any atom is -0.483 e. The molecule has 0 saturated heterocycles. The second kappa shape index (κ2) is 7.14. The summed E-state index contributed by atoms with van der Waals surface area (Å²) in [6, 6.07) is 20.4. The molecule has 0 spiro atoms. The number of carbonyl (C=O) groups is 1. The van der Waals surface area contributed by atoms with Crippen LogP contribution in [0, 0.1) is 0 Å². The van der Waals surface area contributed by atoms with Crippen molar-refractivity contribution in [3.05, 3.63) is 83.6 Å². The molecule has 0 saturated carbocycles. The Kier molecular flexibility index (Phi) is 4.77. The van der Waals surface area contributed by atoms with Gasteiger partial charge in [0.2, 0.25) is 5.76 Å². The Morgan fingerprint density at radius 2 is 1.74 bits per heavy atom. The molecule has 1 heterocycles. The summed E-state index contributed by atoms with van der Waals surface area (Å²) >= 11 is 0. The van der Waals surface area contributed by atoms with Crippen LogP contribution in [0.15, 0.2) is 72.5 Å². The van der Waals surface area contributed by atoms with Crippen molar-refractivity contribution in [2.75, 3.05) is 7.11 Å². The number of methoxy groups -OCH3 is 1. The van der Waals surface area contributed by atoms with Gasteiger partial charge in [0, 0.05) is 12.3 Å². The second-order valence-electron chi connectivity index (χ2n) is 5.70. The van der Waals surface area contributed by atoms with Gasteiger partial charge in [-0.15, -0.1) is 0 Å². The summed E-state index contributed by atoms with van der Waals surface area (Å²) in [5.74, 6) is 0.0602. The van der Waals surface area contributed by atoms with Crippen molar-refractivity contribution in [1.82, 2.24) is 0 Å². The maximum Gasteiger partial charge on any atom is 0.373 e. The molecule has 23 heavy (non-hydrogen) atoms. The highest BCUT2D eigenvalue weighted by molar-refractivity contribution is 5.86. The minimum absolute atomic E-state index is 0.0401. The molecule has 0 bridgehead atoms. The highest BCUT2D eigenvalue weighted by Crippen LogP contribution is 2.32. The van der Waals surface area contributed by atoms with Gasteiger partial charge in [-0.1, -0.05) is 60.7 Å². The fourth-order valence-electron chi connectivity index (χ4n) is 2.95. The summed E-state index contributed by atoms with van der Waals surface area (Å²) in [6.07, 6.45) is 3.46. The molecule has 2 atom stereocenters. The van der Waals surface area contributed by atoms with Crippen molar-refractivity contribution >= 4 is 5.97 Å². The summed E-state index contributed by atoms with van der Waals surface area (Å²) in [5.41, 5.74) is 2.39. The van der Waals surface area contributed by atoms with Crippen LogP contribution in [0.4, 0.5) is 0 Å². The van der Waals surface area contributed by atoms with Crippen LogP contribution >= 0.6 is 0 Å². The van der Waals surface area contributed by atoms with Gasteiger partial charge in [0.15, 0.2) is 0 Å². The van der Waals surface area contributed by atoms with Crippen LogP contribution in [-0.4, -0.2) is 19.2 Å². The van der Waals surface area contributed by atoms with Gasteiger partial charge < -0.3 is 9.47 Å². The maximum absolute atomic E-state index is 11.9. The third kappa shape index (κ3) is 3.81. The average molecular weight is 308 g/mol. The van der Waals surface area contributed by atoms with Gasteiger partial charge in [0.1, 0.15) is 6.10 Å². The van der Waals surface area contributed by atoms with E-state index in [-0.39, 0.29) is 12.0 Å². The van der Waals surface area contributed by atoms with Gasteiger partial charge in [-0.3, -0.25) is 0 Å². The van der Waals surface area contributed by atoms with Gasteiger partial charge in [-0.25, -0.2) is 4.79 Å². The average Bonchev–Trinajstić information content (AvgIpc) is 2.62. The fourth-order valence-corrected chi connectivity index (χ4v) is 2.95. The van der Waals surface area contributed by atoms with E-state index in [0.717, 1.165) is 12.8 Å². The number of esters is 1. The topological polar surface area (TPSA) is 35.5 Å². The van der Waals surface area contributed by atoms with Gasteiger partial charge in [-0.05, 0) is 23.6 Å². The zero-order valence-corrected chi connectivity index (χ0v) is 13.1. The predicted molar refractivity (Wildman–Crippen MR) is 88.9 cm³/mol. The van der Waals surface area contributed by atoms with Crippen LogP contribution in [-0.2, 0) is 20.7 Å². The monoisotopic (exact) mass is 308 g/mol. The van der Waals surface area contributed by atoms with Crippen LogP contribution in [0.25, 0.3) is 0 Å². The first-order valence-electron chi connectivity index (χ1n) is 7.82. The summed E-state index contributed by atoms with van der Waals surface area (Å²) in [5, 5.41) is 0. The van der Waals surface area contributed by atoms with E-state index in [1.807, 2.05) is 42.5 Å². The van der Waals surface area contributed by atoms with Gasteiger partial charge in [-0.2, -0.15) is 0 Å². The number of carbonyl (C=O) groups excluding carboxylic acids is 1. The SMILES string of the molecule is COC(=O)C1=C[C@@H](c2ccccc2)C[C@H](Cc2ccccc2)O1. The van der Waals surface area contributed by atoms with Crippen LogP contribution in [0.3, 0.4) is 0 Å². The molecule has 1 aliphatic rings.